The minimum Gasteiger partial charge on any atom is -0.494 e. The van der Waals surface area contributed by atoms with Crippen LogP contribution in [0.15, 0.2) is 83.4 Å². The quantitative estimate of drug-likeness (QED) is 0.175. The van der Waals surface area contributed by atoms with Gasteiger partial charge in [-0.15, -0.1) is 0 Å². The summed E-state index contributed by atoms with van der Waals surface area (Å²) in [5, 5.41) is 4.47. The molecule has 0 unspecified atom stereocenters. The molecule has 1 saturated heterocycles. The third-order valence-corrected chi connectivity index (χ3v) is 6.81. The van der Waals surface area contributed by atoms with E-state index >= 15 is 0 Å². The number of hydrogen-bond acceptors (Lipinski definition) is 6. The number of furan rings is 1. The second-order valence-corrected chi connectivity index (χ2v) is 9.41. The van der Waals surface area contributed by atoms with Crippen LogP contribution < -0.4 is 19.7 Å². The number of halogens is 1. The SMILES string of the molecule is CCOc1ccc(-c2ccc([C@@H]3[C@H](c4ccccn4)NC(=S)N3c3ccc(OCCOC)c(Cl)c3)o2)cc1. The Bertz CT molecular complexity index is 1380. The molecule has 7 nitrogen and oxygen atoms in total. The molecule has 9 heteroatoms. The number of hydrogen-bond donors (Lipinski definition) is 1. The zero-order valence-corrected chi connectivity index (χ0v) is 22.7. The Morgan fingerprint density at radius 2 is 1.87 bits per heavy atom. The molecule has 2 atom stereocenters. The largest absolute Gasteiger partial charge is 0.494 e. The number of nitrogens with one attached hydrogen (secondary N) is 1. The summed E-state index contributed by atoms with van der Waals surface area (Å²) >= 11 is 12.4. The Morgan fingerprint density at radius 3 is 2.58 bits per heavy atom. The van der Waals surface area contributed by atoms with Crippen molar-refractivity contribution in [2.24, 2.45) is 0 Å². The molecule has 5 rings (SSSR count). The van der Waals surface area contributed by atoms with Crippen LogP contribution in [-0.2, 0) is 4.74 Å². The highest BCUT2D eigenvalue weighted by atomic mass is 35.5. The minimum atomic E-state index is -0.301. The van der Waals surface area contributed by atoms with Crippen LogP contribution in [0.1, 0.15) is 30.5 Å². The first kappa shape index (κ1) is 26.0. The average molecular weight is 550 g/mol. The average Bonchev–Trinajstić information content (AvgIpc) is 3.55. The monoisotopic (exact) mass is 549 g/mol. The van der Waals surface area contributed by atoms with Gasteiger partial charge in [-0.25, -0.2) is 0 Å². The fourth-order valence-corrected chi connectivity index (χ4v) is 5.04. The molecule has 0 amide bonds. The smallest absolute Gasteiger partial charge is 0.174 e. The summed E-state index contributed by atoms with van der Waals surface area (Å²) in [6, 6.07) is 22.7. The number of pyridine rings is 1. The van der Waals surface area contributed by atoms with Crippen molar-refractivity contribution in [2.75, 3.05) is 31.8 Å². The Morgan fingerprint density at radius 1 is 1.03 bits per heavy atom. The molecule has 0 saturated carbocycles. The Labute approximate surface area is 232 Å². The van der Waals surface area contributed by atoms with Gasteiger partial charge in [-0.3, -0.25) is 4.98 Å². The summed E-state index contributed by atoms with van der Waals surface area (Å²) in [6.07, 6.45) is 1.77. The number of benzene rings is 2. The van der Waals surface area contributed by atoms with E-state index in [4.69, 9.17) is 42.4 Å². The highest BCUT2D eigenvalue weighted by Gasteiger charge is 2.42. The van der Waals surface area contributed by atoms with E-state index in [0.29, 0.717) is 35.7 Å². The maximum Gasteiger partial charge on any atom is 0.174 e. The zero-order valence-electron chi connectivity index (χ0n) is 21.1. The molecule has 0 aliphatic carbocycles. The van der Waals surface area contributed by atoms with Crippen molar-refractivity contribution < 1.29 is 18.6 Å². The molecule has 0 bridgehead atoms. The Balaban J connectivity index is 1.50. The number of anilines is 1. The first-order valence-electron chi connectivity index (χ1n) is 12.3. The van der Waals surface area contributed by atoms with Crippen LogP contribution in [0.5, 0.6) is 11.5 Å². The Hall–Kier alpha value is -3.59. The highest BCUT2D eigenvalue weighted by molar-refractivity contribution is 7.80. The maximum absolute atomic E-state index is 6.60. The van der Waals surface area contributed by atoms with Crippen molar-refractivity contribution in [3.05, 3.63) is 95.5 Å². The lowest BCUT2D eigenvalue weighted by Gasteiger charge is -2.26. The molecule has 38 heavy (non-hydrogen) atoms. The third kappa shape index (κ3) is 5.48. The van der Waals surface area contributed by atoms with Crippen molar-refractivity contribution in [3.63, 3.8) is 0 Å². The molecule has 1 aliphatic heterocycles. The van der Waals surface area contributed by atoms with Crippen LogP contribution in [0.3, 0.4) is 0 Å². The van der Waals surface area contributed by atoms with Crippen LogP contribution >= 0.6 is 23.8 Å². The van der Waals surface area contributed by atoms with Crippen LogP contribution in [-0.4, -0.2) is 37.0 Å². The normalized spacial score (nSPS) is 16.9. The van der Waals surface area contributed by atoms with Gasteiger partial charge in [-0.05, 0) is 85.9 Å². The third-order valence-electron chi connectivity index (χ3n) is 6.20. The molecular weight excluding hydrogens is 522 g/mol. The maximum atomic E-state index is 6.60. The van der Waals surface area contributed by atoms with Crippen molar-refractivity contribution in [1.29, 1.82) is 0 Å². The van der Waals surface area contributed by atoms with Gasteiger partial charge in [0.2, 0.25) is 0 Å². The molecule has 1 aliphatic rings. The number of methoxy groups -OCH3 is 1. The topological polar surface area (TPSA) is 69.0 Å². The number of aromatic nitrogens is 1. The van der Waals surface area contributed by atoms with E-state index in [0.717, 1.165) is 34.2 Å². The number of thiocarbonyl (C=S) groups is 1. The summed E-state index contributed by atoms with van der Waals surface area (Å²) in [7, 11) is 1.63. The molecular formula is C29H28ClN3O4S. The van der Waals surface area contributed by atoms with Crippen molar-refractivity contribution in [2.45, 2.75) is 19.0 Å². The van der Waals surface area contributed by atoms with Gasteiger partial charge in [0.1, 0.15) is 35.7 Å². The zero-order chi connectivity index (χ0) is 26.5. The predicted octanol–water partition coefficient (Wildman–Crippen LogP) is 6.60. The van der Waals surface area contributed by atoms with Gasteiger partial charge in [0, 0.05) is 24.6 Å². The molecule has 1 fully saturated rings. The second-order valence-electron chi connectivity index (χ2n) is 8.61. The molecule has 196 valence electrons. The Kier molecular flexibility index (Phi) is 8.12. The van der Waals surface area contributed by atoms with Gasteiger partial charge in [0.15, 0.2) is 5.11 Å². The summed E-state index contributed by atoms with van der Waals surface area (Å²) in [5.74, 6) is 2.90. The summed E-state index contributed by atoms with van der Waals surface area (Å²) < 4.78 is 22.8. The van der Waals surface area contributed by atoms with Crippen LogP contribution in [0.25, 0.3) is 11.3 Å². The lowest BCUT2D eigenvalue weighted by atomic mass is 10.0. The summed E-state index contributed by atoms with van der Waals surface area (Å²) in [6.45, 7) is 3.46. The lowest BCUT2D eigenvalue weighted by Crippen LogP contribution is -2.29. The molecule has 0 spiro atoms. The van der Waals surface area contributed by atoms with E-state index in [1.807, 2.05) is 84.6 Å². The van der Waals surface area contributed by atoms with E-state index in [1.54, 1.807) is 13.3 Å². The molecule has 2 aromatic carbocycles. The molecule has 0 radical (unpaired) electrons. The van der Waals surface area contributed by atoms with Gasteiger partial charge < -0.3 is 28.8 Å². The number of nitrogens with zero attached hydrogens (tertiary/aromatic N) is 2. The van der Waals surface area contributed by atoms with Crippen molar-refractivity contribution >= 4 is 34.6 Å². The lowest BCUT2D eigenvalue weighted by molar-refractivity contribution is 0.146. The molecule has 4 aromatic rings. The van der Waals surface area contributed by atoms with E-state index in [-0.39, 0.29) is 12.1 Å². The minimum absolute atomic E-state index is 0.237. The van der Waals surface area contributed by atoms with Gasteiger partial charge >= 0.3 is 0 Å². The fourth-order valence-electron chi connectivity index (χ4n) is 4.46. The molecule has 3 heterocycles. The molecule has 1 N–H and O–H groups in total. The van der Waals surface area contributed by atoms with E-state index < -0.39 is 0 Å². The van der Waals surface area contributed by atoms with Gasteiger partial charge in [-0.1, -0.05) is 17.7 Å². The van der Waals surface area contributed by atoms with Crippen molar-refractivity contribution in [3.8, 4) is 22.8 Å². The van der Waals surface area contributed by atoms with Gasteiger partial charge in [0.25, 0.3) is 0 Å². The molecule has 2 aromatic heterocycles. The van der Waals surface area contributed by atoms with E-state index in [9.17, 15) is 0 Å². The summed E-state index contributed by atoms with van der Waals surface area (Å²) in [5.41, 5.74) is 2.62. The predicted molar refractivity (Wildman–Crippen MR) is 152 cm³/mol. The summed E-state index contributed by atoms with van der Waals surface area (Å²) in [4.78, 5) is 6.62. The van der Waals surface area contributed by atoms with E-state index in [2.05, 4.69) is 10.3 Å². The van der Waals surface area contributed by atoms with Crippen LogP contribution in [0.4, 0.5) is 5.69 Å². The second kappa shape index (κ2) is 11.9. The first-order valence-corrected chi connectivity index (χ1v) is 13.1. The highest BCUT2D eigenvalue weighted by Crippen LogP contribution is 2.44. The van der Waals surface area contributed by atoms with Gasteiger partial charge in [-0.2, -0.15) is 0 Å². The standard InChI is InChI=1S/C29H28ClN3O4S/c1-3-35-21-10-7-19(8-11-21)24-13-14-26(37-24)28-27(23-6-4-5-15-31-23)32-29(38)33(28)20-9-12-25(22(30)18-20)36-17-16-34-2/h4-15,18,27-28H,3,16-17H2,1-2H3,(H,32,38)/t27-,28+/m0/s1. The van der Waals surface area contributed by atoms with Crippen LogP contribution in [0.2, 0.25) is 5.02 Å². The van der Waals surface area contributed by atoms with Crippen LogP contribution in [0, 0.1) is 0 Å². The van der Waals surface area contributed by atoms with Crippen molar-refractivity contribution in [1.82, 2.24) is 10.3 Å². The van der Waals surface area contributed by atoms with E-state index in [1.165, 1.54) is 0 Å². The number of rotatable bonds is 10. The fraction of sp³-hybridized carbons (Fsp3) is 0.241. The van der Waals surface area contributed by atoms with Gasteiger partial charge in [0.05, 0.1) is 30.0 Å². The number of ether oxygens (including phenoxy) is 3. The first-order chi connectivity index (χ1) is 18.6.